The third kappa shape index (κ3) is 2.99. The zero-order valence-electron chi connectivity index (χ0n) is 12.3. The maximum absolute atomic E-state index is 6.15. The molecule has 2 fully saturated rings. The quantitative estimate of drug-likeness (QED) is 0.867. The van der Waals surface area contributed by atoms with E-state index in [4.69, 9.17) is 32.2 Å². The van der Waals surface area contributed by atoms with E-state index in [0.717, 1.165) is 43.6 Å². The second-order valence-corrected chi connectivity index (χ2v) is 6.29. The summed E-state index contributed by atoms with van der Waals surface area (Å²) in [6.07, 6.45) is 5.64. The van der Waals surface area contributed by atoms with Crippen LogP contribution in [-0.2, 0) is 4.74 Å². The number of thiocarbonyl (C=S) groups is 1. The molecule has 0 radical (unpaired) electrons. The first kappa shape index (κ1) is 14.6. The van der Waals surface area contributed by atoms with Crippen LogP contribution in [-0.4, -0.2) is 30.4 Å². The molecular weight excluding hydrogens is 286 g/mol. The van der Waals surface area contributed by atoms with Gasteiger partial charge in [-0.15, -0.1) is 0 Å². The normalized spacial score (nSPS) is 23.4. The van der Waals surface area contributed by atoms with Gasteiger partial charge < -0.3 is 19.9 Å². The van der Waals surface area contributed by atoms with Crippen LogP contribution in [0.5, 0.6) is 11.5 Å². The maximum atomic E-state index is 6.15. The van der Waals surface area contributed by atoms with Gasteiger partial charge in [0.1, 0.15) is 11.1 Å². The number of benzene rings is 1. The second kappa shape index (κ2) is 5.81. The van der Waals surface area contributed by atoms with Crippen molar-refractivity contribution in [2.75, 3.05) is 13.7 Å². The number of methoxy groups -OCH3 is 1. The molecule has 5 heteroatoms. The van der Waals surface area contributed by atoms with E-state index in [2.05, 4.69) is 0 Å². The molecule has 4 nitrogen and oxygen atoms in total. The van der Waals surface area contributed by atoms with Crippen molar-refractivity contribution >= 4 is 17.2 Å². The molecular formula is C16H21NO3S. The van der Waals surface area contributed by atoms with Crippen molar-refractivity contribution in [2.45, 2.75) is 43.8 Å². The zero-order valence-corrected chi connectivity index (χ0v) is 13.1. The molecule has 3 rings (SSSR count). The van der Waals surface area contributed by atoms with E-state index in [1.54, 1.807) is 7.11 Å². The highest BCUT2D eigenvalue weighted by atomic mass is 32.1. The Bertz CT molecular complexity index is 542. The van der Waals surface area contributed by atoms with Gasteiger partial charge in [0, 0.05) is 18.4 Å². The second-order valence-electron chi connectivity index (χ2n) is 5.85. The van der Waals surface area contributed by atoms with Crippen LogP contribution in [0.3, 0.4) is 0 Å². The van der Waals surface area contributed by atoms with Crippen molar-refractivity contribution in [3.63, 3.8) is 0 Å². The fourth-order valence-electron chi connectivity index (χ4n) is 3.10. The van der Waals surface area contributed by atoms with Gasteiger partial charge in [-0.3, -0.25) is 0 Å². The van der Waals surface area contributed by atoms with Crippen molar-refractivity contribution in [1.29, 1.82) is 0 Å². The molecule has 0 bridgehead atoms. The molecule has 1 spiro atoms. The van der Waals surface area contributed by atoms with E-state index in [-0.39, 0.29) is 11.7 Å². The lowest BCUT2D eigenvalue weighted by atomic mass is 9.74. The Balaban J connectivity index is 1.73. The van der Waals surface area contributed by atoms with E-state index < -0.39 is 0 Å². The van der Waals surface area contributed by atoms with Gasteiger partial charge in [0.2, 0.25) is 0 Å². The number of rotatable bonds is 4. The molecule has 1 saturated heterocycles. The van der Waals surface area contributed by atoms with Crippen LogP contribution in [0.4, 0.5) is 0 Å². The Hall–Kier alpha value is -1.33. The first-order chi connectivity index (χ1) is 10.1. The van der Waals surface area contributed by atoms with E-state index in [1.165, 1.54) is 6.42 Å². The fraction of sp³-hybridized carbons (Fsp3) is 0.562. The predicted octanol–water partition coefficient (Wildman–Crippen LogP) is 2.81. The number of ether oxygens (including phenoxy) is 3. The summed E-state index contributed by atoms with van der Waals surface area (Å²) < 4.78 is 17.5. The molecule has 1 aliphatic heterocycles. The molecule has 1 aromatic carbocycles. The summed E-state index contributed by atoms with van der Waals surface area (Å²) >= 11 is 4.99. The molecule has 1 unspecified atom stereocenters. The van der Waals surface area contributed by atoms with Crippen LogP contribution in [0.15, 0.2) is 18.2 Å². The molecule has 1 heterocycles. The van der Waals surface area contributed by atoms with Crippen LogP contribution in [0.2, 0.25) is 0 Å². The molecule has 1 aliphatic carbocycles. The van der Waals surface area contributed by atoms with E-state index in [0.29, 0.717) is 10.7 Å². The van der Waals surface area contributed by atoms with Crippen molar-refractivity contribution in [3.8, 4) is 11.5 Å². The monoisotopic (exact) mass is 307 g/mol. The molecule has 1 atom stereocenters. The highest BCUT2D eigenvalue weighted by molar-refractivity contribution is 7.80. The zero-order chi connectivity index (χ0) is 14.9. The maximum Gasteiger partial charge on any atom is 0.161 e. The molecule has 2 N–H and O–H groups in total. The molecule has 2 aliphatic rings. The third-order valence-corrected chi connectivity index (χ3v) is 4.69. The summed E-state index contributed by atoms with van der Waals surface area (Å²) in [7, 11) is 1.63. The van der Waals surface area contributed by atoms with Crippen LogP contribution < -0.4 is 15.2 Å². The Morgan fingerprint density at radius 2 is 2.19 bits per heavy atom. The molecule has 1 aromatic rings. The number of hydrogen-bond donors (Lipinski definition) is 1. The number of nitrogens with two attached hydrogens (primary N) is 1. The lowest BCUT2D eigenvalue weighted by Gasteiger charge is -2.46. The summed E-state index contributed by atoms with van der Waals surface area (Å²) in [5.74, 6) is 1.42. The van der Waals surface area contributed by atoms with E-state index in [1.807, 2.05) is 18.2 Å². The lowest BCUT2D eigenvalue weighted by molar-refractivity contribution is -0.153. The Morgan fingerprint density at radius 1 is 1.38 bits per heavy atom. The van der Waals surface area contributed by atoms with Gasteiger partial charge in [0.25, 0.3) is 0 Å². The summed E-state index contributed by atoms with van der Waals surface area (Å²) in [6.45, 7) is 0.776. The van der Waals surface area contributed by atoms with Crippen LogP contribution in [0.25, 0.3) is 0 Å². The standard InChI is InChI=1S/C16H21NO3S/c1-18-14-9-11(15(17)21)3-4-13(14)20-12-5-8-19-16(10-12)6-2-7-16/h3-4,9,12H,2,5-8,10H2,1H3,(H2,17,21). The van der Waals surface area contributed by atoms with Gasteiger partial charge in [-0.1, -0.05) is 12.2 Å². The summed E-state index contributed by atoms with van der Waals surface area (Å²) in [6, 6.07) is 5.59. The van der Waals surface area contributed by atoms with E-state index in [9.17, 15) is 0 Å². The molecule has 0 aromatic heterocycles. The first-order valence-electron chi connectivity index (χ1n) is 7.40. The highest BCUT2D eigenvalue weighted by Crippen LogP contribution is 2.43. The minimum absolute atomic E-state index is 0.0783. The molecule has 21 heavy (non-hydrogen) atoms. The summed E-state index contributed by atoms with van der Waals surface area (Å²) in [5.41, 5.74) is 6.52. The third-order valence-electron chi connectivity index (χ3n) is 4.45. The summed E-state index contributed by atoms with van der Waals surface area (Å²) in [5, 5.41) is 0. The topological polar surface area (TPSA) is 53.7 Å². The van der Waals surface area contributed by atoms with Crippen LogP contribution >= 0.6 is 12.2 Å². The minimum Gasteiger partial charge on any atom is -0.493 e. The average molecular weight is 307 g/mol. The van der Waals surface area contributed by atoms with Crippen LogP contribution in [0.1, 0.15) is 37.7 Å². The largest absolute Gasteiger partial charge is 0.493 e. The first-order valence-corrected chi connectivity index (χ1v) is 7.81. The van der Waals surface area contributed by atoms with Crippen molar-refractivity contribution in [2.24, 2.45) is 5.73 Å². The predicted molar refractivity (Wildman–Crippen MR) is 85.1 cm³/mol. The smallest absolute Gasteiger partial charge is 0.161 e. The van der Waals surface area contributed by atoms with Gasteiger partial charge in [-0.25, -0.2) is 0 Å². The van der Waals surface area contributed by atoms with Crippen molar-refractivity contribution in [3.05, 3.63) is 23.8 Å². The fourth-order valence-corrected chi connectivity index (χ4v) is 3.23. The van der Waals surface area contributed by atoms with E-state index >= 15 is 0 Å². The van der Waals surface area contributed by atoms with Gasteiger partial charge in [0.15, 0.2) is 11.5 Å². The van der Waals surface area contributed by atoms with Gasteiger partial charge in [-0.2, -0.15) is 0 Å². The minimum atomic E-state index is 0.0783. The SMILES string of the molecule is COc1cc(C(N)=S)ccc1OC1CCOC2(CCC2)C1. The number of hydrogen-bond acceptors (Lipinski definition) is 4. The molecule has 0 amide bonds. The summed E-state index contributed by atoms with van der Waals surface area (Å²) in [4.78, 5) is 0.360. The van der Waals surface area contributed by atoms with Gasteiger partial charge in [0.05, 0.1) is 19.3 Å². The van der Waals surface area contributed by atoms with Crippen LogP contribution in [0, 0.1) is 0 Å². The average Bonchev–Trinajstić information content (AvgIpc) is 2.46. The molecule has 1 saturated carbocycles. The van der Waals surface area contributed by atoms with Gasteiger partial charge >= 0.3 is 0 Å². The highest BCUT2D eigenvalue weighted by Gasteiger charge is 2.43. The Morgan fingerprint density at radius 3 is 2.81 bits per heavy atom. The molecule has 114 valence electrons. The lowest BCUT2D eigenvalue weighted by Crippen LogP contribution is -2.48. The van der Waals surface area contributed by atoms with Crippen molar-refractivity contribution < 1.29 is 14.2 Å². The van der Waals surface area contributed by atoms with Crippen molar-refractivity contribution in [1.82, 2.24) is 0 Å². The Kier molecular flexibility index (Phi) is 4.04. The van der Waals surface area contributed by atoms with Gasteiger partial charge in [-0.05, 0) is 37.5 Å². The Labute approximate surface area is 130 Å².